The number of benzene rings is 2. The van der Waals surface area contributed by atoms with Crippen LogP contribution < -0.4 is 9.64 Å². The maximum atomic E-state index is 13.2. The maximum absolute atomic E-state index is 13.2. The van der Waals surface area contributed by atoms with Gasteiger partial charge in [0.05, 0.1) is 36.4 Å². The Balaban J connectivity index is 2.18. The van der Waals surface area contributed by atoms with Crippen molar-refractivity contribution in [2.45, 2.75) is 12.4 Å². The molecular formula is C20H16F6N2O3. The largest absolute Gasteiger partial charge is 0.492 e. The molecule has 0 aliphatic heterocycles. The molecule has 166 valence electrons. The highest BCUT2D eigenvalue weighted by Crippen LogP contribution is 2.35. The standard InChI is InChI=1S/C20H16F6N2O3/c1-30-18(29)13-3-6-16(7-4-13)31-9-8-28(12-19(21,22)23)15-5-2-14(11-27)17(10-15)20(24,25)26/h2-7,10H,8-9,12H2,1H3. The normalized spacial score (nSPS) is 11.5. The Morgan fingerprint density at radius 3 is 2.23 bits per heavy atom. The molecule has 0 saturated carbocycles. The number of carbonyl (C=O) groups is 1. The predicted molar refractivity (Wildman–Crippen MR) is 97.7 cm³/mol. The molecule has 31 heavy (non-hydrogen) atoms. The summed E-state index contributed by atoms with van der Waals surface area (Å²) < 4.78 is 88.3. The zero-order chi connectivity index (χ0) is 23.2. The Bertz CT molecular complexity index is 949. The quantitative estimate of drug-likeness (QED) is 0.451. The summed E-state index contributed by atoms with van der Waals surface area (Å²) in [5.74, 6) is -0.334. The number of hydrogen-bond acceptors (Lipinski definition) is 5. The zero-order valence-corrected chi connectivity index (χ0v) is 16.0. The first-order chi connectivity index (χ1) is 14.4. The first-order valence-corrected chi connectivity index (χ1v) is 8.69. The second-order valence-corrected chi connectivity index (χ2v) is 6.24. The summed E-state index contributed by atoms with van der Waals surface area (Å²) in [5.41, 5.74) is -2.12. The number of nitrogens with zero attached hydrogens (tertiary/aromatic N) is 2. The number of ether oxygens (including phenoxy) is 2. The number of alkyl halides is 6. The molecule has 2 aromatic rings. The molecule has 0 radical (unpaired) electrons. The monoisotopic (exact) mass is 446 g/mol. The molecular weight excluding hydrogens is 430 g/mol. The summed E-state index contributed by atoms with van der Waals surface area (Å²) in [7, 11) is 1.20. The number of halogens is 6. The lowest BCUT2D eigenvalue weighted by Gasteiger charge is -2.27. The summed E-state index contributed by atoms with van der Waals surface area (Å²) in [6.07, 6.45) is -9.59. The van der Waals surface area contributed by atoms with Crippen LogP contribution in [-0.2, 0) is 10.9 Å². The minimum atomic E-state index is -4.90. The minimum Gasteiger partial charge on any atom is -0.492 e. The summed E-state index contributed by atoms with van der Waals surface area (Å²) in [5, 5.41) is 8.84. The van der Waals surface area contributed by atoms with Gasteiger partial charge in [0, 0.05) is 5.69 Å². The number of methoxy groups -OCH3 is 1. The van der Waals surface area contributed by atoms with E-state index in [0.29, 0.717) is 11.0 Å². The van der Waals surface area contributed by atoms with Crippen LogP contribution in [0.4, 0.5) is 32.0 Å². The van der Waals surface area contributed by atoms with Crippen molar-refractivity contribution in [2.24, 2.45) is 0 Å². The molecule has 0 N–H and O–H groups in total. The van der Waals surface area contributed by atoms with Crippen molar-refractivity contribution in [3.63, 3.8) is 0 Å². The van der Waals surface area contributed by atoms with Crippen LogP contribution in [0.15, 0.2) is 42.5 Å². The second-order valence-electron chi connectivity index (χ2n) is 6.24. The van der Waals surface area contributed by atoms with Crippen LogP contribution in [-0.4, -0.2) is 39.0 Å². The number of anilines is 1. The van der Waals surface area contributed by atoms with Gasteiger partial charge in [-0.25, -0.2) is 4.79 Å². The predicted octanol–water partition coefficient (Wildman–Crippen LogP) is 4.81. The van der Waals surface area contributed by atoms with Gasteiger partial charge in [-0.3, -0.25) is 0 Å². The van der Waals surface area contributed by atoms with Crippen LogP contribution in [0.2, 0.25) is 0 Å². The molecule has 2 rings (SSSR count). The Labute approximate surface area is 173 Å². The third kappa shape index (κ3) is 6.80. The fourth-order valence-corrected chi connectivity index (χ4v) is 2.66. The molecule has 0 fully saturated rings. The molecule has 11 heteroatoms. The number of nitriles is 1. The fourth-order valence-electron chi connectivity index (χ4n) is 2.66. The molecule has 0 bridgehead atoms. The van der Waals surface area contributed by atoms with Crippen molar-refractivity contribution in [1.29, 1.82) is 5.26 Å². The van der Waals surface area contributed by atoms with Gasteiger partial charge in [-0.05, 0) is 42.5 Å². The lowest BCUT2D eigenvalue weighted by Crippen LogP contribution is -2.37. The Morgan fingerprint density at radius 2 is 1.71 bits per heavy atom. The molecule has 0 aliphatic carbocycles. The second kappa shape index (κ2) is 9.59. The van der Waals surface area contributed by atoms with E-state index < -0.39 is 36.0 Å². The van der Waals surface area contributed by atoms with E-state index in [1.54, 1.807) is 0 Å². The SMILES string of the molecule is COC(=O)c1ccc(OCCN(CC(F)(F)F)c2ccc(C#N)c(C(F)(F)F)c2)cc1. The summed E-state index contributed by atoms with van der Waals surface area (Å²) in [4.78, 5) is 12.1. The van der Waals surface area contributed by atoms with Crippen molar-refractivity contribution < 1.29 is 40.6 Å². The van der Waals surface area contributed by atoms with E-state index in [9.17, 15) is 31.1 Å². The molecule has 2 aromatic carbocycles. The minimum absolute atomic E-state index is 0.241. The molecule has 0 aliphatic rings. The summed E-state index contributed by atoms with van der Waals surface area (Å²) in [6.45, 7) is -2.18. The summed E-state index contributed by atoms with van der Waals surface area (Å²) >= 11 is 0. The number of esters is 1. The van der Waals surface area contributed by atoms with Crippen molar-refractivity contribution in [3.8, 4) is 11.8 Å². The molecule has 0 saturated heterocycles. The first-order valence-electron chi connectivity index (χ1n) is 8.69. The van der Waals surface area contributed by atoms with Gasteiger partial charge in [0.2, 0.25) is 0 Å². The number of rotatable bonds is 7. The van der Waals surface area contributed by atoms with Gasteiger partial charge in [0.25, 0.3) is 0 Å². The smallest absolute Gasteiger partial charge is 0.417 e. The van der Waals surface area contributed by atoms with Crippen LogP contribution in [0.3, 0.4) is 0 Å². The van der Waals surface area contributed by atoms with Crippen LogP contribution in [0.5, 0.6) is 5.75 Å². The van der Waals surface area contributed by atoms with Gasteiger partial charge in [0.1, 0.15) is 18.9 Å². The van der Waals surface area contributed by atoms with Crippen LogP contribution in [0.1, 0.15) is 21.5 Å². The van der Waals surface area contributed by atoms with E-state index in [-0.39, 0.29) is 30.2 Å². The lowest BCUT2D eigenvalue weighted by molar-refractivity contribution is -0.137. The van der Waals surface area contributed by atoms with E-state index in [1.807, 2.05) is 0 Å². The van der Waals surface area contributed by atoms with E-state index in [1.165, 1.54) is 37.4 Å². The van der Waals surface area contributed by atoms with Crippen molar-refractivity contribution in [3.05, 3.63) is 59.2 Å². The van der Waals surface area contributed by atoms with Gasteiger partial charge < -0.3 is 14.4 Å². The molecule has 0 aromatic heterocycles. The Morgan fingerprint density at radius 1 is 1.06 bits per heavy atom. The Kier molecular flexibility index (Phi) is 7.38. The van der Waals surface area contributed by atoms with Crippen LogP contribution in [0.25, 0.3) is 0 Å². The average molecular weight is 446 g/mol. The van der Waals surface area contributed by atoms with E-state index >= 15 is 0 Å². The van der Waals surface area contributed by atoms with E-state index in [0.717, 1.165) is 12.1 Å². The van der Waals surface area contributed by atoms with Crippen LogP contribution >= 0.6 is 0 Å². The average Bonchev–Trinajstić information content (AvgIpc) is 2.71. The molecule has 0 atom stereocenters. The third-order valence-electron chi connectivity index (χ3n) is 4.07. The van der Waals surface area contributed by atoms with Gasteiger partial charge in [-0.1, -0.05) is 0 Å². The zero-order valence-electron chi connectivity index (χ0n) is 16.0. The fraction of sp³-hybridized carbons (Fsp3) is 0.300. The van der Waals surface area contributed by atoms with Gasteiger partial charge in [-0.2, -0.15) is 31.6 Å². The topological polar surface area (TPSA) is 62.6 Å². The van der Waals surface area contributed by atoms with Gasteiger partial charge in [-0.15, -0.1) is 0 Å². The number of hydrogen-bond donors (Lipinski definition) is 0. The highest BCUT2D eigenvalue weighted by atomic mass is 19.4. The lowest BCUT2D eigenvalue weighted by atomic mass is 10.1. The van der Waals surface area contributed by atoms with E-state index in [4.69, 9.17) is 10.00 Å². The van der Waals surface area contributed by atoms with Gasteiger partial charge in [0.15, 0.2) is 0 Å². The molecule has 0 spiro atoms. The summed E-state index contributed by atoms with van der Waals surface area (Å²) in [6, 6.07) is 9.34. The van der Waals surface area contributed by atoms with Crippen LogP contribution in [0, 0.1) is 11.3 Å². The van der Waals surface area contributed by atoms with Crippen molar-refractivity contribution in [1.82, 2.24) is 0 Å². The van der Waals surface area contributed by atoms with Crippen molar-refractivity contribution in [2.75, 3.05) is 31.7 Å². The molecule has 0 heterocycles. The molecule has 5 nitrogen and oxygen atoms in total. The maximum Gasteiger partial charge on any atom is 0.417 e. The highest BCUT2D eigenvalue weighted by molar-refractivity contribution is 5.89. The molecule has 0 unspecified atom stereocenters. The first kappa shape index (κ1) is 23.9. The third-order valence-corrected chi connectivity index (χ3v) is 4.07. The molecule has 0 amide bonds. The van der Waals surface area contributed by atoms with E-state index in [2.05, 4.69) is 4.74 Å². The Hall–Kier alpha value is -3.42. The van der Waals surface area contributed by atoms with Crippen molar-refractivity contribution >= 4 is 11.7 Å². The number of carbonyl (C=O) groups excluding carboxylic acids is 1. The highest BCUT2D eigenvalue weighted by Gasteiger charge is 2.36. The van der Waals surface area contributed by atoms with Gasteiger partial charge >= 0.3 is 18.3 Å².